The van der Waals surface area contributed by atoms with E-state index in [9.17, 15) is 0 Å². The summed E-state index contributed by atoms with van der Waals surface area (Å²) in [6.45, 7) is 5.12. The second-order valence-corrected chi connectivity index (χ2v) is 5.33. The third-order valence-electron chi connectivity index (χ3n) is 3.64. The lowest BCUT2D eigenvalue weighted by molar-refractivity contribution is 0.524. The van der Waals surface area contributed by atoms with Gasteiger partial charge in [-0.1, -0.05) is 19.1 Å². The second-order valence-electron chi connectivity index (χ2n) is 5.33. The molecule has 1 unspecified atom stereocenters. The van der Waals surface area contributed by atoms with Crippen LogP contribution in [0.1, 0.15) is 36.3 Å². The summed E-state index contributed by atoms with van der Waals surface area (Å²) in [7, 11) is 0. The monoisotopic (exact) mass is 280 g/mol. The van der Waals surface area contributed by atoms with Crippen LogP contribution in [0.2, 0.25) is 0 Å². The average molecular weight is 280 g/mol. The van der Waals surface area contributed by atoms with Gasteiger partial charge in [-0.25, -0.2) is 0 Å². The highest BCUT2D eigenvalue weighted by molar-refractivity contribution is 5.79. The molecule has 3 heteroatoms. The highest BCUT2D eigenvalue weighted by Gasteiger charge is 2.15. The number of nitrogens with one attached hydrogen (secondary N) is 1. The first-order chi connectivity index (χ1) is 10.3. The van der Waals surface area contributed by atoms with Crippen molar-refractivity contribution in [3.8, 4) is 0 Å². The van der Waals surface area contributed by atoms with E-state index in [1.54, 1.807) is 0 Å². The fraction of sp³-hybridized carbons (Fsp3) is 0.278. The summed E-state index contributed by atoms with van der Waals surface area (Å²) in [5.41, 5.74) is 3.44. The Bertz CT molecular complexity index is 733. The van der Waals surface area contributed by atoms with Crippen LogP contribution in [-0.4, -0.2) is 11.5 Å². The van der Waals surface area contributed by atoms with Gasteiger partial charge in [-0.15, -0.1) is 0 Å². The van der Waals surface area contributed by atoms with E-state index in [0.29, 0.717) is 0 Å². The Labute approximate surface area is 125 Å². The van der Waals surface area contributed by atoms with Gasteiger partial charge in [0.15, 0.2) is 0 Å². The molecule has 2 heterocycles. The van der Waals surface area contributed by atoms with Gasteiger partial charge in [0.25, 0.3) is 0 Å². The summed E-state index contributed by atoms with van der Waals surface area (Å²) in [6.07, 6.45) is 4.77. The van der Waals surface area contributed by atoms with Crippen molar-refractivity contribution in [1.82, 2.24) is 10.3 Å². The molecule has 3 rings (SSSR count). The van der Waals surface area contributed by atoms with Crippen LogP contribution in [0.3, 0.4) is 0 Å². The Balaban J connectivity index is 2.00. The number of furan rings is 1. The summed E-state index contributed by atoms with van der Waals surface area (Å²) in [6, 6.07) is 12.8. The Kier molecular flexibility index (Phi) is 4.02. The minimum absolute atomic E-state index is 0.159. The van der Waals surface area contributed by atoms with E-state index >= 15 is 0 Å². The van der Waals surface area contributed by atoms with E-state index in [1.165, 1.54) is 16.5 Å². The standard InChI is InChI=1S/C18H20N2O/c1-3-8-20-18(16-10-13(2)21-12-16)15-6-7-17-14(11-15)5-4-9-19-17/h4-7,9-12,18,20H,3,8H2,1-2H3. The maximum Gasteiger partial charge on any atom is 0.101 e. The van der Waals surface area contributed by atoms with Crippen molar-refractivity contribution in [3.63, 3.8) is 0 Å². The Morgan fingerprint density at radius 2 is 2.10 bits per heavy atom. The molecule has 0 amide bonds. The SMILES string of the molecule is CCCNC(c1coc(C)c1)c1ccc2ncccc2c1. The van der Waals surface area contributed by atoms with Crippen LogP contribution in [0.5, 0.6) is 0 Å². The predicted molar refractivity (Wildman–Crippen MR) is 85.3 cm³/mol. The molecule has 2 aromatic heterocycles. The Morgan fingerprint density at radius 3 is 2.86 bits per heavy atom. The molecule has 1 atom stereocenters. The molecule has 0 aliphatic heterocycles. The molecule has 0 aliphatic carbocycles. The fourth-order valence-corrected chi connectivity index (χ4v) is 2.61. The lowest BCUT2D eigenvalue weighted by Gasteiger charge is -2.18. The zero-order valence-electron chi connectivity index (χ0n) is 12.5. The number of benzene rings is 1. The maximum absolute atomic E-state index is 5.48. The van der Waals surface area contributed by atoms with E-state index in [-0.39, 0.29) is 6.04 Å². The van der Waals surface area contributed by atoms with Crippen molar-refractivity contribution in [2.45, 2.75) is 26.3 Å². The van der Waals surface area contributed by atoms with E-state index in [4.69, 9.17) is 4.42 Å². The minimum Gasteiger partial charge on any atom is -0.469 e. The average Bonchev–Trinajstić information content (AvgIpc) is 2.94. The first-order valence-electron chi connectivity index (χ1n) is 7.41. The second kappa shape index (κ2) is 6.10. The van der Waals surface area contributed by atoms with Crippen molar-refractivity contribution in [2.75, 3.05) is 6.54 Å². The van der Waals surface area contributed by atoms with Crippen LogP contribution in [0, 0.1) is 6.92 Å². The molecule has 0 saturated carbocycles. The molecule has 3 nitrogen and oxygen atoms in total. The van der Waals surface area contributed by atoms with Crippen molar-refractivity contribution < 1.29 is 4.42 Å². The van der Waals surface area contributed by atoms with Crippen LogP contribution in [0.25, 0.3) is 10.9 Å². The predicted octanol–water partition coefficient (Wildman–Crippen LogP) is 4.23. The van der Waals surface area contributed by atoms with Gasteiger partial charge in [0.05, 0.1) is 17.8 Å². The molecular weight excluding hydrogens is 260 g/mol. The van der Waals surface area contributed by atoms with E-state index in [1.807, 2.05) is 25.5 Å². The third-order valence-corrected chi connectivity index (χ3v) is 3.64. The summed E-state index contributed by atoms with van der Waals surface area (Å²) in [5, 5.41) is 4.76. The molecule has 0 aliphatic rings. The number of hydrogen-bond donors (Lipinski definition) is 1. The van der Waals surface area contributed by atoms with Crippen molar-refractivity contribution in [3.05, 3.63) is 65.7 Å². The van der Waals surface area contributed by atoms with Crippen LogP contribution < -0.4 is 5.32 Å². The molecule has 1 aromatic carbocycles. The zero-order valence-corrected chi connectivity index (χ0v) is 12.5. The molecule has 108 valence electrons. The smallest absolute Gasteiger partial charge is 0.101 e. The minimum atomic E-state index is 0.159. The molecule has 0 bridgehead atoms. The van der Waals surface area contributed by atoms with Gasteiger partial charge >= 0.3 is 0 Å². The Hall–Kier alpha value is -2.13. The van der Waals surface area contributed by atoms with E-state index in [0.717, 1.165) is 24.2 Å². The maximum atomic E-state index is 5.48. The first kappa shape index (κ1) is 13.8. The highest BCUT2D eigenvalue weighted by Crippen LogP contribution is 2.26. The topological polar surface area (TPSA) is 38.1 Å². The number of rotatable bonds is 5. The fourth-order valence-electron chi connectivity index (χ4n) is 2.61. The molecule has 21 heavy (non-hydrogen) atoms. The normalized spacial score (nSPS) is 12.7. The number of aryl methyl sites for hydroxylation is 1. The van der Waals surface area contributed by atoms with Crippen molar-refractivity contribution in [2.24, 2.45) is 0 Å². The summed E-state index contributed by atoms with van der Waals surface area (Å²) in [5.74, 6) is 0.941. The molecular formula is C18H20N2O. The largest absolute Gasteiger partial charge is 0.469 e. The summed E-state index contributed by atoms with van der Waals surface area (Å²) in [4.78, 5) is 4.38. The quantitative estimate of drug-likeness (QED) is 0.760. The number of pyridine rings is 1. The number of aromatic nitrogens is 1. The number of nitrogens with zero attached hydrogens (tertiary/aromatic N) is 1. The van der Waals surface area contributed by atoms with Crippen molar-refractivity contribution in [1.29, 1.82) is 0 Å². The van der Waals surface area contributed by atoms with Crippen LogP contribution in [-0.2, 0) is 0 Å². The Morgan fingerprint density at radius 1 is 1.19 bits per heavy atom. The van der Waals surface area contributed by atoms with Gasteiger partial charge in [-0.05, 0) is 49.7 Å². The van der Waals surface area contributed by atoms with E-state index in [2.05, 4.69) is 47.6 Å². The lowest BCUT2D eigenvalue weighted by atomic mass is 9.99. The molecule has 0 saturated heterocycles. The van der Waals surface area contributed by atoms with Gasteiger partial charge in [-0.3, -0.25) is 4.98 Å². The van der Waals surface area contributed by atoms with E-state index < -0.39 is 0 Å². The van der Waals surface area contributed by atoms with Crippen LogP contribution in [0.15, 0.2) is 53.3 Å². The van der Waals surface area contributed by atoms with Crippen LogP contribution >= 0.6 is 0 Å². The summed E-state index contributed by atoms with van der Waals surface area (Å²) < 4.78 is 5.48. The number of hydrogen-bond acceptors (Lipinski definition) is 3. The lowest BCUT2D eigenvalue weighted by Crippen LogP contribution is -2.22. The first-order valence-corrected chi connectivity index (χ1v) is 7.41. The van der Waals surface area contributed by atoms with Gasteiger partial charge in [0.1, 0.15) is 5.76 Å². The highest BCUT2D eigenvalue weighted by atomic mass is 16.3. The molecule has 0 fully saturated rings. The van der Waals surface area contributed by atoms with Crippen LogP contribution in [0.4, 0.5) is 0 Å². The number of fused-ring (bicyclic) bond motifs is 1. The van der Waals surface area contributed by atoms with Gasteiger partial charge in [-0.2, -0.15) is 0 Å². The van der Waals surface area contributed by atoms with Gasteiger partial charge in [0, 0.05) is 17.1 Å². The molecule has 1 N–H and O–H groups in total. The molecule has 3 aromatic rings. The molecule has 0 radical (unpaired) electrons. The third kappa shape index (κ3) is 2.98. The van der Waals surface area contributed by atoms with Crippen molar-refractivity contribution >= 4 is 10.9 Å². The summed E-state index contributed by atoms with van der Waals surface area (Å²) >= 11 is 0. The molecule has 0 spiro atoms. The van der Waals surface area contributed by atoms with Gasteiger partial charge in [0.2, 0.25) is 0 Å². The van der Waals surface area contributed by atoms with Gasteiger partial charge < -0.3 is 9.73 Å². The zero-order chi connectivity index (χ0) is 14.7.